The van der Waals surface area contributed by atoms with Crippen molar-refractivity contribution in [1.29, 1.82) is 0 Å². The molecule has 3 atom stereocenters. The van der Waals surface area contributed by atoms with Gasteiger partial charge < -0.3 is 5.32 Å². The Hall–Kier alpha value is -0.780. The Labute approximate surface area is 127 Å². The molecule has 0 bridgehead atoms. The highest BCUT2D eigenvalue weighted by Crippen LogP contribution is 2.44. The van der Waals surface area contributed by atoms with Crippen LogP contribution < -0.4 is 5.32 Å². The number of aromatic amines is 1. The standard InChI is InChI=1S/C15H19N3S2/c1-9-6-14(12-4-5-19-15(12)20-9)17-11-2-3-13-10(7-11)8-16-18-13/h4-5,8-9,11,14,17H,2-3,6-7H2,1H3,(H,16,18)/t9-,11?,14?/m0/s1. The summed E-state index contributed by atoms with van der Waals surface area (Å²) in [6.45, 7) is 2.34. The first-order chi connectivity index (χ1) is 9.79. The average Bonchev–Trinajstić information content (AvgIpc) is 3.05. The molecule has 2 aromatic heterocycles. The summed E-state index contributed by atoms with van der Waals surface area (Å²) >= 11 is 3.93. The van der Waals surface area contributed by atoms with Crippen molar-refractivity contribution in [1.82, 2.24) is 15.5 Å². The summed E-state index contributed by atoms with van der Waals surface area (Å²) < 4.78 is 1.51. The van der Waals surface area contributed by atoms with E-state index in [9.17, 15) is 0 Å². The summed E-state index contributed by atoms with van der Waals surface area (Å²) in [6.07, 6.45) is 6.69. The van der Waals surface area contributed by atoms with Gasteiger partial charge in [-0.3, -0.25) is 5.10 Å². The predicted molar refractivity (Wildman–Crippen MR) is 84.5 cm³/mol. The van der Waals surface area contributed by atoms with Gasteiger partial charge >= 0.3 is 0 Å². The van der Waals surface area contributed by atoms with Gasteiger partial charge in [-0.1, -0.05) is 6.92 Å². The predicted octanol–water partition coefficient (Wildman–Crippen LogP) is 3.54. The van der Waals surface area contributed by atoms with Crippen LogP contribution in [-0.2, 0) is 12.8 Å². The van der Waals surface area contributed by atoms with Crippen LogP contribution in [0.15, 0.2) is 21.9 Å². The summed E-state index contributed by atoms with van der Waals surface area (Å²) in [5, 5.41) is 14.2. The van der Waals surface area contributed by atoms with Crippen molar-refractivity contribution in [3.8, 4) is 0 Å². The highest BCUT2D eigenvalue weighted by atomic mass is 32.2. The summed E-state index contributed by atoms with van der Waals surface area (Å²) in [5.74, 6) is 0. The molecule has 3 nitrogen and oxygen atoms in total. The van der Waals surface area contributed by atoms with Gasteiger partial charge in [-0.05, 0) is 48.3 Å². The van der Waals surface area contributed by atoms with E-state index in [0.29, 0.717) is 17.3 Å². The zero-order valence-corrected chi connectivity index (χ0v) is 13.2. The molecule has 0 saturated heterocycles. The number of aromatic nitrogens is 2. The third kappa shape index (κ3) is 2.32. The van der Waals surface area contributed by atoms with Crippen molar-refractivity contribution < 1.29 is 0 Å². The molecule has 0 amide bonds. The van der Waals surface area contributed by atoms with E-state index < -0.39 is 0 Å². The average molecular weight is 305 g/mol. The van der Waals surface area contributed by atoms with Gasteiger partial charge in [-0.2, -0.15) is 5.10 Å². The van der Waals surface area contributed by atoms with Crippen molar-refractivity contribution in [2.75, 3.05) is 0 Å². The first kappa shape index (κ1) is 12.9. The Balaban J connectivity index is 1.51. The molecule has 0 saturated carbocycles. The van der Waals surface area contributed by atoms with E-state index in [1.165, 1.54) is 33.9 Å². The number of hydrogen-bond acceptors (Lipinski definition) is 4. The van der Waals surface area contributed by atoms with E-state index in [0.717, 1.165) is 12.8 Å². The molecule has 2 unspecified atom stereocenters. The second-order valence-electron chi connectivity index (χ2n) is 5.86. The van der Waals surface area contributed by atoms with Crippen LogP contribution >= 0.6 is 23.1 Å². The van der Waals surface area contributed by atoms with Crippen LogP contribution in [0.25, 0.3) is 0 Å². The van der Waals surface area contributed by atoms with E-state index in [1.807, 2.05) is 29.3 Å². The van der Waals surface area contributed by atoms with E-state index in [4.69, 9.17) is 0 Å². The molecule has 3 heterocycles. The normalized spacial score (nSPS) is 28.9. The largest absolute Gasteiger partial charge is 0.307 e. The molecule has 0 aromatic carbocycles. The lowest BCUT2D eigenvalue weighted by molar-refractivity contribution is 0.379. The van der Waals surface area contributed by atoms with Crippen molar-refractivity contribution in [2.45, 2.75) is 54.1 Å². The number of fused-ring (bicyclic) bond motifs is 2. The van der Waals surface area contributed by atoms with Crippen LogP contribution in [0.3, 0.4) is 0 Å². The van der Waals surface area contributed by atoms with Gasteiger partial charge in [0.15, 0.2) is 0 Å². The number of thioether (sulfide) groups is 1. The Kier molecular flexibility index (Phi) is 3.36. The summed E-state index contributed by atoms with van der Waals surface area (Å²) in [6, 6.07) is 3.43. The summed E-state index contributed by atoms with van der Waals surface area (Å²) in [4.78, 5) is 0. The van der Waals surface area contributed by atoms with Crippen LogP contribution in [0.4, 0.5) is 0 Å². The molecule has 0 radical (unpaired) electrons. The number of rotatable bonds is 2. The maximum absolute atomic E-state index is 4.17. The fourth-order valence-corrected chi connectivity index (χ4v) is 5.92. The number of hydrogen-bond donors (Lipinski definition) is 2. The Morgan fingerprint density at radius 2 is 2.40 bits per heavy atom. The first-order valence-corrected chi connectivity index (χ1v) is 9.06. The van der Waals surface area contributed by atoms with Gasteiger partial charge in [0.05, 0.1) is 10.4 Å². The second kappa shape index (κ2) is 5.20. The lowest BCUT2D eigenvalue weighted by Crippen LogP contribution is -2.38. The molecule has 0 spiro atoms. The molecular formula is C15H19N3S2. The second-order valence-corrected chi connectivity index (χ2v) is 8.48. The third-order valence-corrected chi connectivity index (χ3v) is 6.71. The Morgan fingerprint density at radius 1 is 1.45 bits per heavy atom. The fraction of sp³-hybridized carbons (Fsp3) is 0.533. The third-order valence-electron chi connectivity index (χ3n) is 4.36. The highest BCUT2D eigenvalue weighted by molar-refractivity contribution is 8.01. The van der Waals surface area contributed by atoms with Gasteiger partial charge in [0.2, 0.25) is 0 Å². The van der Waals surface area contributed by atoms with Crippen molar-refractivity contribution in [3.05, 3.63) is 34.5 Å². The molecule has 20 heavy (non-hydrogen) atoms. The molecule has 106 valence electrons. The lowest BCUT2D eigenvalue weighted by Gasteiger charge is -2.32. The van der Waals surface area contributed by atoms with E-state index in [2.05, 4.69) is 33.9 Å². The Morgan fingerprint density at radius 3 is 3.35 bits per heavy atom. The Bertz CT molecular complexity index is 604. The molecule has 0 fully saturated rings. The first-order valence-electron chi connectivity index (χ1n) is 7.31. The summed E-state index contributed by atoms with van der Waals surface area (Å²) in [7, 11) is 0. The van der Waals surface area contributed by atoms with E-state index >= 15 is 0 Å². The quantitative estimate of drug-likeness (QED) is 0.891. The van der Waals surface area contributed by atoms with Gasteiger partial charge in [0.25, 0.3) is 0 Å². The van der Waals surface area contributed by atoms with Crippen LogP contribution in [0.1, 0.15) is 42.6 Å². The minimum absolute atomic E-state index is 0.533. The molecule has 5 heteroatoms. The number of H-pyrrole nitrogens is 1. The van der Waals surface area contributed by atoms with E-state index in [-0.39, 0.29) is 0 Å². The molecule has 1 aliphatic carbocycles. The smallest absolute Gasteiger partial charge is 0.0649 e. The topological polar surface area (TPSA) is 40.7 Å². The highest BCUT2D eigenvalue weighted by Gasteiger charge is 2.29. The molecule has 4 rings (SSSR count). The minimum atomic E-state index is 0.533. The molecule has 2 N–H and O–H groups in total. The number of nitrogens with zero attached hydrogens (tertiary/aromatic N) is 1. The van der Waals surface area contributed by atoms with E-state index in [1.54, 1.807) is 0 Å². The molecule has 1 aliphatic heterocycles. The van der Waals surface area contributed by atoms with Crippen LogP contribution in [0, 0.1) is 0 Å². The van der Waals surface area contributed by atoms with Crippen LogP contribution in [0.5, 0.6) is 0 Å². The minimum Gasteiger partial charge on any atom is -0.307 e. The number of nitrogens with one attached hydrogen (secondary N) is 2. The monoisotopic (exact) mass is 305 g/mol. The molecule has 2 aromatic rings. The van der Waals surface area contributed by atoms with Gasteiger partial charge in [0, 0.05) is 23.0 Å². The molecule has 2 aliphatic rings. The van der Waals surface area contributed by atoms with Crippen molar-refractivity contribution in [3.63, 3.8) is 0 Å². The number of thiophene rings is 1. The zero-order valence-electron chi connectivity index (χ0n) is 11.6. The van der Waals surface area contributed by atoms with Crippen molar-refractivity contribution in [2.24, 2.45) is 0 Å². The van der Waals surface area contributed by atoms with Gasteiger partial charge in [-0.15, -0.1) is 23.1 Å². The van der Waals surface area contributed by atoms with Crippen molar-refractivity contribution >= 4 is 23.1 Å². The zero-order chi connectivity index (χ0) is 13.5. The van der Waals surface area contributed by atoms with Gasteiger partial charge in [-0.25, -0.2) is 0 Å². The lowest BCUT2D eigenvalue weighted by atomic mass is 9.92. The number of aryl methyl sites for hydroxylation is 1. The van der Waals surface area contributed by atoms with Crippen LogP contribution in [0.2, 0.25) is 0 Å². The van der Waals surface area contributed by atoms with Crippen LogP contribution in [-0.4, -0.2) is 21.5 Å². The van der Waals surface area contributed by atoms with Gasteiger partial charge in [0.1, 0.15) is 0 Å². The SMILES string of the molecule is C[C@H]1CC(NC2CCc3[nH]ncc3C2)c2ccsc2S1. The fourth-order valence-electron chi connectivity index (χ4n) is 3.35. The maximum Gasteiger partial charge on any atom is 0.0649 e. The maximum atomic E-state index is 4.17. The molecular weight excluding hydrogens is 286 g/mol. The summed E-state index contributed by atoms with van der Waals surface area (Å²) in [5.41, 5.74) is 4.26.